The third-order valence-corrected chi connectivity index (χ3v) is 5.25. The number of benzene rings is 1. The molecule has 2 rings (SSSR count). The molecule has 7 nitrogen and oxygen atoms in total. The first-order chi connectivity index (χ1) is 13.9. The van der Waals surface area contributed by atoms with Gasteiger partial charge < -0.3 is 25.6 Å². The van der Waals surface area contributed by atoms with Crippen LogP contribution in [0.25, 0.3) is 0 Å². The van der Waals surface area contributed by atoms with Crippen molar-refractivity contribution in [3.05, 3.63) is 29.8 Å². The minimum Gasteiger partial charge on any atom is -0.444 e. The molecule has 0 saturated carbocycles. The van der Waals surface area contributed by atoms with Crippen LogP contribution in [-0.4, -0.2) is 62.4 Å². The molecule has 29 heavy (non-hydrogen) atoms. The van der Waals surface area contributed by atoms with Gasteiger partial charge in [0, 0.05) is 57.0 Å². The van der Waals surface area contributed by atoms with Gasteiger partial charge in [0.2, 0.25) is 0 Å². The average Bonchev–Trinajstić information content (AvgIpc) is 2.70. The number of hydrogen-bond donors (Lipinski definition) is 3. The molecule has 1 heterocycles. The minimum absolute atomic E-state index is 0.383. The predicted octanol–water partition coefficient (Wildman–Crippen LogP) is 2.82. The zero-order valence-corrected chi connectivity index (χ0v) is 18.9. The lowest BCUT2D eigenvalue weighted by Crippen LogP contribution is -2.39. The Morgan fingerprint density at radius 1 is 1.10 bits per heavy atom. The van der Waals surface area contributed by atoms with E-state index in [0.29, 0.717) is 19.6 Å². The van der Waals surface area contributed by atoms with Gasteiger partial charge in [0.05, 0.1) is 0 Å². The molecule has 0 spiro atoms. The maximum atomic E-state index is 11.6. The fourth-order valence-corrected chi connectivity index (χ4v) is 3.76. The zero-order chi connectivity index (χ0) is 21.1. The summed E-state index contributed by atoms with van der Waals surface area (Å²) >= 11 is 2.02. The number of nitrogens with one attached hydrogen (secondary N) is 3. The van der Waals surface area contributed by atoms with Gasteiger partial charge in [-0.15, -0.1) is 0 Å². The third-order valence-electron chi connectivity index (χ3n) is 4.31. The monoisotopic (exact) mass is 421 g/mol. The van der Waals surface area contributed by atoms with Gasteiger partial charge in [-0.2, -0.15) is 11.8 Å². The summed E-state index contributed by atoms with van der Waals surface area (Å²) in [7, 11) is 1.76. The highest BCUT2D eigenvalue weighted by Crippen LogP contribution is 2.19. The van der Waals surface area contributed by atoms with Crippen LogP contribution in [0.1, 0.15) is 32.8 Å². The van der Waals surface area contributed by atoms with Crippen LogP contribution >= 0.6 is 11.8 Å². The van der Waals surface area contributed by atoms with Crippen molar-refractivity contribution in [1.82, 2.24) is 16.0 Å². The van der Waals surface area contributed by atoms with E-state index in [1.54, 1.807) is 7.05 Å². The normalized spacial score (nSPS) is 15.0. The summed E-state index contributed by atoms with van der Waals surface area (Å²) in [6.45, 7) is 9.78. The van der Waals surface area contributed by atoms with E-state index < -0.39 is 5.60 Å². The summed E-state index contributed by atoms with van der Waals surface area (Å²) in [5.74, 6) is 3.16. The Morgan fingerprint density at radius 3 is 2.38 bits per heavy atom. The fraction of sp³-hybridized carbons (Fsp3) is 0.619. The van der Waals surface area contributed by atoms with Gasteiger partial charge in [0.1, 0.15) is 5.60 Å². The number of alkyl carbamates (subject to hydrolysis) is 1. The number of nitrogens with zero attached hydrogens (tertiary/aromatic N) is 2. The maximum Gasteiger partial charge on any atom is 0.407 e. The molecule has 1 fully saturated rings. The lowest BCUT2D eigenvalue weighted by Gasteiger charge is -2.28. The van der Waals surface area contributed by atoms with Gasteiger partial charge in [-0.05, 0) is 44.9 Å². The molecular weight excluding hydrogens is 386 g/mol. The van der Waals surface area contributed by atoms with E-state index >= 15 is 0 Å². The number of carbonyl (C=O) groups is 1. The number of rotatable bonds is 7. The Morgan fingerprint density at radius 2 is 1.76 bits per heavy atom. The molecule has 1 saturated heterocycles. The average molecular weight is 422 g/mol. The number of ether oxygens (including phenoxy) is 1. The van der Waals surface area contributed by atoms with E-state index in [2.05, 4.69) is 50.1 Å². The molecule has 1 amide bonds. The topological polar surface area (TPSA) is 78.0 Å². The molecule has 0 bridgehead atoms. The van der Waals surface area contributed by atoms with Crippen molar-refractivity contribution >= 4 is 29.5 Å². The molecule has 8 heteroatoms. The Kier molecular flexibility index (Phi) is 9.44. The number of aliphatic imine (C=N–C) groups is 1. The van der Waals surface area contributed by atoms with Crippen LogP contribution in [0.4, 0.5) is 10.5 Å². The van der Waals surface area contributed by atoms with E-state index in [9.17, 15) is 4.79 Å². The Balaban J connectivity index is 1.64. The molecule has 162 valence electrons. The van der Waals surface area contributed by atoms with Crippen molar-refractivity contribution in [2.75, 3.05) is 49.6 Å². The molecule has 3 N–H and O–H groups in total. The standard InChI is InChI=1S/C21H35N5O2S/c1-21(2,3)28-20(27)24-11-5-10-23-19(22-4)25-16-17-6-8-18(9-7-17)26-12-14-29-15-13-26/h6-9H,5,10-16H2,1-4H3,(H,24,27)(H2,22,23,25). The maximum absolute atomic E-state index is 11.6. The van der Waals surface area contributed by atoms with Crippen molar-refractivity contribution in [3.63, 3.8) is 0 Å². The summed E-state index contributed by atoms with van der Waals surface area (Å²) < 4.78 is 5.21. The summed E-state index contributed by atoms with van der Waals surface area (Å²) in [6, 6.07) is 8.74. The molecule has 0 aliphatic carbocycles. The summed E-state index contributed by atoms with van der Waals surface area (Å²) in [4.78, 5) is 18.3. The molecule has 1 aliphatic heterocycles. The second-order valence-electron chi connectivity index (χ2n) is 7.90. The molecular formula is C21H35N5O2S. The molecule has 1 aliphatic rings. The van der Waals surface area contributed by atoms with E-state index in [1.165, 1.54) is 22.8 Å². The molecule has 0 radical (unpaired) electrons. The zero-order valence-electron chi connectivity index (χ0n) is 18.1. The molecule has 1 aromatic carbocycles. The smallest absolute Gasteiger partial charge is 0.407 e. The largest absolute Gasteiger partial charge is 0.444 e. The van der Waals surface area contributed by atoms with Gasteiger partial charge in [-0.3, -0.25) is 4.99 Å². The van der Waals surface area contributed by atoms with Crippen molar-refractivity contribution in [2.45, 2.75) is 39.3 Å². The highest BCUT2D eigenvalue weighted by Gasteiger charge is 2.15. The van der Waals surface area contributed by atoms with Crippen LogP contribution in [0, 0.1) is 0 Å². The lowest BCUT2D eigenvalue weighted by molar-refractivity contribution is 0.0527. The highest BCUT2D eigenvalue weighted by molar-refractivity contribution is 7.99. The number of guanidine groups is 1. The third kappa shape index (κ3) is 9.30. The van der Waals surface area contributed by atoms with E-state index in [-0.39, 0.29) is 6.09 Å². The van der Waals surface area contributed by atoms with Gasteiger partial charge in [-0.25, -0.2) is 4.79 Å². The van der Waals surface area contributed by atoms with Crippen molar-refractivity contribution in [3.8, 4) is 0 Å². The number of amides is 1. The van der Waals surface area contributed by atoms with Gasteiger partial charge in [0.15, 0.2) is 5.96 Å². The molecule has 1 aromatic rings. The van der Waals surface area contributed by atoms with Crippen LogP contribution in [-0.2, 0) is 11.3 Å². The Labute approximate surface area is 179 Å². The summed E-state index contributed by atoms with van der Waals surface area (Å²) in [6.07, 6.45) is 0.398. The minimum atomic E-state index is -0.473. The van der Waals surface area contributed by atoms with Gasteiger partial charge >= 0.3 is 6.09 Å². The number of thioether (sulfide) groups is 1. The highest BCUT2D eigenvalue weighted by atomic mass is 32.2. The van der Waals surface area contributed by atoms with Gasteiger partial charge in [-0.1, -0.05) is 12.1 Å². The number of carbonyl (C=O) groups excluding carboxylic acids is 1. The number of hydrogen-bond acceptors (Lipinski definition) is 5. The first kappa shape index (κ1) is 23.2. The molecule has 0 unspecified atom stereocenters. The lowest BCUT2D eigenvalue weighted by atomic mass is 10.2. The van der Waals surface area contributed by atoms with E-state index in [1.807, 2.05) is 32.5 Å². The van der Waals surface area contributed by atoms with Crippen molar-refractivity contribution in [1.29, 1.82) is 0 Å². The Bertz CT molecular complexity index is 652. The van der Waals surface area contributed by atoms with E-state index in [4.69, 9.17) is 4.74 Å². The summed E-state index contributed by atoms with van der Waals surface area (Å²) in [5.41, 5.74) is 2.04. The number of anilines is 1. The fourth-order valence-electron chi connectivity index (χ4n) is 2.85. The molecule has 0 atom stereocenters. The van der Waals surface area contributed by atoms with Gasteiger partial charge in [0.25, 0.3) is 0 Å². The first-order valence-corrected chi connectivity index (χ1v) is 11.4. The van der Waals surface area contributed by atoms with Crippen LogP contribution in [0.3, 0.4) is 0 Å². The molecule has 0 aromatic heterocycles. The van der Waals surface area contributed by atoms with Crippen LogP contribution in [0.15, 0.2) is 29.3 Å². The van der Waals surface area contributed by atoms with Crippen LogP contribution in [0.2, 0.25) is 0 Å². The first-order valence-electron chi connectivity index (χ1n) is 10.2. The second-order valence-corrected chi connectivity index (χ2v) is 9.13. The van der Waals surface area contributed by atoms with Crippen LogP contribution < -0.4 is 20.9 Å². The van der Waals surface area contributed by atoms with Crippen molar-refractivity contribution in [2.24, 2.45) is 4.99 Å². The quantitative estimate of drug-likeness (QED) is 0.357. The predicted molar refractivity (Wildman–Crippen MR) is 123 cm³/mol. The second kappa shape index (κ2) is 11.8. The SMILES string of the molecule is CN=C(NCCCNC(=O)OC(C)(C)C)NCc1ccc(N2CCSCC2)cc1. The van der Waals surface area contributed by atoms with Crippen LogP contribution in [0.5, 0.6) is 0 Å². The van der Waals surface area contributed by atoms with E-state index in [0.717, 1.165) is 25.5 Å². The Hall–Kier alpha value is -2.09. The summed E-state index contributed by atoms with van der Waals surface area (Å²) in [5, 5.41) is 9.34. The van der Waals surface area contributed by atoms with Crippen molar-refractivity contribution < 1.29 is 9.53 Å².